The highest BCUT2D eigenvalue weighted by Crippen LogP contribution is 2.25. The molecule has 0 bridgehead atoms. The summed E-state index contributed by atoms with van der Waals surface area (Å²) in [5, 5.41) is 0. The van der Waals surface area contributed by atoms with Crippen molar-refractivity contribution in [3.63, 3.8) is 0 Å². The Morgan fingerprint density at radius 3 is 2.83 bits per heavy atom. The highest BCUT2D eigenvalue weighted by Gasteiger charge is 2.17. The van der Waals surface area contributed by atoms with Crippen molar-refractivity contribution in [3.05, 3.63) is 28.2 Å². The van der Waals surface area contributed by atoms with Crippen LogP contribution in [0.1, 0.15) is 23.2 Å². The molecule has 3 nitrogen and oxygen atoms in total. The van der Waals surface area contributed by atoms with E-state index in [4.69, 9.17) is 4.74 Å². The van der Waals surface area contributed by atoms with Crippen LogP contribution in [-0.4, -0.2) is 33.1 Å². The molecule has 0 amide bonds. The number of carbonyl (C=O) groups excluding carboxylic acids is 1. The lowest BCUT2D eigenvalue weighted by atomic mass is 9.99. The van der Waals surface area contributed by atoms with Gasteiger partial charge >= 0.3 is 0 Å². The quantitative estimate of drug-likeness (QED) is 0.800. The smallest absolute Gasteiger partial charge is 0.152 e. The van der Waals surface area contributed by atoms with E-state index in [1.165, 1.54) is 0 Å². The van der Waals surface area contributed by atoms with Crippen molar-refractivity contribution in [2.75, 3.05) is 31.7 Å². The van der Waals surface area contributed by atoms with Gasteiger partial charge in [0.25, 0.3) is 0 Å². The Kier molecular flexibility index (Phi) is 4.78. The van der Waals surface area contributed by atoms with E-state index < -0.39 is 0 Å². The van der Waals surface area contributed by atoms with Crippen LogP contribution in [0.2, 0.25) is 0 Å². The zero-order chi connectivity index (χ0) is 13.0. The first-order valence-electron chi connectivity index (χ1n) is 6.24. The Labute approximate surface area is 116 Å². The van der Waals surface area contributed by atoms with Crippen LogP contribution in [0.4, 0.5) is 5.69 Å². The van der Waals surface area contributed by atoms with Crippen molar-refractivity contribution in [1.29, 1.82) is 0 Å². The molecule has 1 aromatic rings. The third-order valence-electron chi connectivity index (χ3n) is 3.40. The van der Waals surface area contributed by atoms with Crippen LogP contribution in [0.15, 0.2) is 22.7 Å². The zero-order valence-electron chi connectivity index (χ0n) is 10.6. The van der Waals surface area contributed by atoms with Crippen LogP contribution >= 0.6 is 15.9 Å². The molecule has 0 aliphatic carbocycles. The Hall–Kier alpha value is -0.870. The van der Waals surface area contributed by atoms with Gasteiger partial charge < -0.3 is 9.64 Å². The molecule has 1 aliphatic rings. The first kappa shape index (κ1) is 13.6. The van der Waals surface area contributed by atoms with Gasteiger partial charge in [0.15, 0.2) is 6.29 Å². The molecule has 0 N–H and O–H groups in total. The van der Waals surface area contributed by atoms with Gasteiger partial charge in [-0.05, 0) is 37.0 Å². The van der Waals surface area contributed by atoms with Crippen molar-refractivity contribution in [3.8, 4) is 0 Å². The minimum Gasteiger partial charge on any atom is -0.381 e. The molecule has 0 aromatic heterocycles. The molecule has 1 saturated heterocycles. The molecule has 0 unspecified atom stereocenters. The van der Waals surface area contributed by atoms with E-state index in [0.29, 0.717) is 5.92 Å². The summed E-state index contributed by atoms with van der Waals surface area (Å²) in [7, 11) is 2.05. The summed E-state index contributed by atoms with van der Waals surface area (Å²) in [6.07, 6.45) is 3.13. The lowest BCUT2D eigenvalue weighted by Gasteiger charge is -2.29. The van der Waals surface area contributed by atoms with E-state index in [1.54, 1.807) is 0 Å². The predicted octanol–water partition coefficient (Wildman–Crippen LogP) is 3.12. The summed E-state index contributed by atoms with van der Waals surface area (Å²) in [5.41, 5.74) is 1.73. The van der Waals surface area contributed by atoms with Crippen LogP contribution in [0, 0.1) is 5.92 Å². The van der Waals surface area contributed by atoms with E-state index in [2.05, 4.69) is 20.8 Å². The van der Waals surface area contributed by atoms with Gasteiger partial charge in [-0.1, -0.05) is 15.9 Å². The SMILES string of the molecule is CN(CC1CCOCC1)c1cc(Br)ccc1C=O. The third kappa shape index (κ3) is 3.33. The molecule has 4 heteroatoms. The fourth-order valence-corrected chi connectivity index (χ4v) is 2.71. The number of hydrogen-bond acceptors (Lipinski definition) is 3. The lowest BCUT2D eigenvalue weighted by molar-refractivity contribution is 0.0685. The van der Waals surface area contributed by atoms with Gasteiger partial charge in [0.2, 0.25) is 0 Å². The zero-order valence-corrected chi connectivity index (χ0v) is 12.1. The summed E-state index contributed by atoms with van der Waals surface area (Å²) in [4.78, 5) is 13.2. The first-order chi connectivity index (χ1) is 8.70. The van der Waals surface area contributed by atoms with Crippen molar-refractivity contribution >= 4 is 27.9 Å². The summed E-state index contributed by atoms with van der Waals surface area (Å²) < 4.78 is 6.37. The number of nitrogens with zero attached hydrogens (tertiary/aromatic N) is 1. The Morgan fingerprint density at radius 2 is 2.17 bits per heavy atom. The number of benzene rings is 1. The van der Waals surface area contributed by atoms with E-state index in [1.807, 2.05) is 25.2 Å². The van der Waals surface area contributed by atoms with Crippen molar-refractivity contribution in [1.82, 2.24) is 0 Å². The van der Waals surface area contributed by atoms with Gasteiger partial charge in [-0.25, -0.2) is 0 Å². The number of halogens is 1. The molecule has 98 valence electrons. The second kappa shape index (κ2) is 6.34. The maximum absolute atomic E-state index is 11.1. The first-order valence-corrected chi connectivity index (χ1v) is 7.03. The van der Waals surface area contributed by atoms with Crippen molar-refractivity contribution in [2.24, 2.45) is 5.92 Å². The second-order valence-electron chi connectivity index (χ2n) is 4.76. The molecule has 1 fully saturated rings. The fraction of sp³-hybridized carbons (Fsp3) is 0.500. The standard InChI is InChI=1S/C14H18BrNO2/c1-16(9-11-4-6-18-7-5-11)14-8-13(15)3-2-12(14)10-17/h2-3,8,10-11H,4-7,9H2,1H3. The summed E-state index contributed by atoms with van der Waals surface area (Å²) in [6, 6.07) is 5.76. The summed E-state index contributed by atoms with van der Waals surface area (Å²) in [6.45, 7) is 2.69. The maximum Gasteiger partial charge on any atom is 0.152 e. The average Bonchev–Trinajstić information content (AvgIpc) is 2.40. The monoisotopic (exact) mass is 311 g/mol. The molecule has 0 atom stereocenters. The Balaban J connectivity index is 2.09. The van der Waals surface area contributed by atoms with Gasteiger partial charge in [-0.15, -0.1) is 0 Å². The molecule has 1 aliphatic heterocycles. The molecule has 1 heterocycles. The average molecular weight is 312 g/mol. The van der Waals surface area contributed by atoms with Gasteiger partial charge in [0.1, 0.15) is 0 Å². The third-order valence-corrected chi connectivity index (χ3v) is 3.90. The summed E-state index contributed by atoms with van der Waals surface area (Å²) >= 11 is 3.46. The van der Waals surface area contributed by atoms with E-state index >= 15 is 0 Å². The van der Waals surface area contributed by atoms with E-state index in [-0.39, 0.29) is 0 Å². The molecule has 1 aromatic carbocycles. The Bertz CT molecular complexity index is 416. The topological polar surface area (TPSA) is 29.5 Å². The van der Waals surface area contributed by atoms with Crippen LogP contribution in [0.3, 0.4) is 0 Å². The number of hydrogen-bond donors (Lipinski definition) is 0. The molecule has 2 rings (SSSR count). The second-order valence-corrected chi connectivity index (χ2v) is 5.67. The molecule has 0 radical (unpaired) electrons. The van der Waals surface area contributed by atoms with Gasteiger partial charge in [-0.3, -0.25) is 4.79 Å². The normalized spacial score (nSPS) is 16.6. The largest absolute Gasteiger partial charge is 0.381 e. The Morgan fingerprint density at radius 1 is 1.44 bits per heavy atom. The van der Waals surface area contributed by atoms with E-state index in [9.17, 15) is 4.79 Å². The molecular weight excluding hydrogens is 294 g/mol. The lowest BCUT2D eigenvalue weighted by Crippen LogP contribution is -2.30. The number of carbonyl (C=O) groups is 1. The van der Waals surface area contributed by atoms with Gasteiger partial charge in [0, 0.05) is 42.5 Å². The number of ether oxygens (including phenoxy) is 1. The van der Waals surface area contributed by atoms with Crippen LogP contribution in [0.5, 0.6) is 0 Å². The predicted molar refractivity (Wildman–Crippen MR) is 76.3 cm³/mol. The summed E-state index contributed by atoms with van der Waals surface area (Å²) in [5.74, 6) is 0.655. The minimum atomic E-state index is 0.655. The van der Waals surface area contributed by atoms with Crippen LogP contribution in [0.25, 0.3) is 0 Å². The maximum atomic E-state index is 11.1. The highest BCUT2D eigenvalue weighted by molar-refractivity contribution is 9.10. The van der Waals surface area contributed by atoms with E-state index in [0.717, 1.165) is 54.6 Å². The fourth-order valence-electron chi connectivity index (χ4n) is 2.36. The van der Waals surface area contributed by atoms with Crippen molar-refractivity contribution in [2.45, 2.75) is 12.8 Å². The number of rotatable bonds is 4. The van der Waals surface area contributed by atoms with Crippen LogP contribution in [-0.2, 0) is 4.74 Å². The highest BCUT2D eigenvalue weighted by atomic mass is 79.9. The number of anilines is 1. The van der Waals surface area contributed by atoms with Crippen LogP contribution < -0.4 is 4.90 Å². The molecule has 0 spiro atoms. The molecule has 18 heavy (non-hydrogen) atoms. The van der Waals surface area contributed by atoms with Gasteiger partial charge in [-0.2, -0.15) is 0 Å². The van der Waals surface area contributed by atoms with Gasteiger partial charge in [0.05, 0.1) is 0 Å². The molecule has 0 saturated carbocycles. The number of aldehydes is 1. The minimum absolute atomic E-state index is 0.655. The van der Waals surface area contributed by atoms with Crippen molar-refractivity contribution < 1.29 is 9.53 Å². The molecular formula is C14H18BrNO2.